The summed E-state index contributed by atoms with van der Waals surface area (Å²) >= 11 is 3.56. The van der Waals surface area contributed by atoms with Crippen LogP contribution in [0.2, 0.25) is 0 Å². The van der Waals surface area contributed by atoms with E-state index >= 15 is 0 Å². The zero-order valence-corrected chi connectivity index (χ0v) is 41.0. The SMILES string of the molecule is Brc1ccc(N(c2ccc(-c3ccccc3)cc2)c2ccc(-c3ccccc3)cc2)cc1.C1CCOC1.OB(O)c1ccc(N(c2ccc(-c3ccccc3)cc2)c2ccc(-c3ccccc3)cc2)cc1. The number of hydrogen-bond donors (Lipinski definition) is 2. The first kappa shape index (κ1) is 48.3. The van der Waals surface area contributed by atoms with Crippen molar-refractivity contribution in [2.45, 2.75) is 12.8 Å². The molecule has 1 heterocycles. The van der Waals surface area contributed by atoms with Gasteiger partial charge in [0.05, 0.1) is 0 Å². The summed E-state index contributed by atoms with van der Waals surface area (Å²) in [5.74, 6) is 0. The van der Waals surface area contributed by atoms with Gasteiger partial charge in [0.1, 0.15) is 0 Å². The molecule has 2 N–H and O–H groups in total. The highest BCUT2D eigenvalue weighted by atomic mass is 79.9. The van der Waals surface area contributed by atoms with Crippen LogP contribution in [-0.4, -0.2) is 30.4 Å². The first-order chi connectivity index (χ1) is 35.0. The van der Waals surface area contributed by atoms with Crippen molar-refractivity contribution in [3.8, 4) is 44.5 Å². The van der Waals surface area contributed by atoms with Gasteiger partial charge in [0.25, 0.3) is 0 Å². The van der Waals surface area contributed by atoms with Gasteiger partial charge in [-0.05, 0) is 148 Å². The molecule has 0 saturated carbocycles. The van der Waals surface area contributed by atoms with E-state index < -0.39 is 7.12 Å². The molecule has 1 aliphatic heterocycles. The third-order valence-corrected chi connectivity index (χ3v) is 12.8. The van der Waals surface area contributed by atoms with Gasteiger partial charge in [-0.3, -0.25) is 0 Å². The number of hydrogen-bond acceptors (Lipinski definition) is 5. The van der Waals surface area contributed by atoms with Crippen molar-refractivity contribution in [2.75, 3.05) is 23.0 Å². The van der Waals surface area contributed by atoms with Gasteiger partial charge < -0.3 is 24.6 Å². The molecule has 1 fully saturated rings. The molecule has 1 saturated heterocycles. The smallest absolute Gasteiger partial charge is 0.423 e. The van der Waals surface area contributed by atoms with E-state index in [2.05, 4.69) is 220 Å². The topological polar surface area (TPSA) is 56.2 Å². The van der Waals surface area contributed by atoms with Crippen molar-refractivity contribution in [1.82, 2.24) is 0 Å². The van der Waals surface area contributed by atoms with Gasteiger partial charge in [0.15, 0.2) is 0 Å². The Hall–Kier alpha value is -7.78. The molecule has 5 nitrogen and oxygen atoms in total. The largest absolute Gasteiger partial charge is 0.488 e. The Bertz CT molecular complexity index is 2970. The second kappa shape index (κ2) is 24.2. The summed E-state index contributed by atoms with van der Waals surface area (Å²) in [7, 11) is -1.49. The maximum absolute atomic E-state index is 9.51. The van der Waals surface area contributed by atoms with Crippen LogP contribution in [0, 0.1) is 0 Å². The normalized spacial score (nSPS) is 11.6. The minimum absolute atomic E-state index is 0.461. The molecular formula is C64H54BBrN2O3. The average molecular weight is 990 g/mol. The molecule has 10 aromatic rings. The summed E-state index contributed by atoms with van der Waals surface area (Å²) in [4.78, 5) is 4.45. The van der Waals surface area contributed by atoms with E-state index in [0.29, 0.717) is 5.46 Å². The lowest BCUT2D eigenvalue weighted by Crippen LogP contribution is -2.29. The third kappa shape index (κ3) is 12.7. The molecule has 0 aliphatic carbocycles. The molecule has 7 heteroatoms. The fraction of sp³-hybridized carbons (Fsp3) is 0.0625. The molecule has 1 aliphatic rings. The van der Waals surface area contributed by atoms with Crippen LogP contribution in [0.1, 0.15) is 12.8 Å². The Kier molecular flexibility index (Phi) is 16.4. The number of anilines is 6. The van der Waals surface area contributed by atoms with Gasteiger partial charge in [-0.15, -0.1) is 0 Å². The lowest BCUT2D eigenvalue weighted by Gasteiger charge is -2.26. The molecule has 0 amide bonds. The Labute approximate surface area is 426 Å². The lowest BCUT2D eigenvalue weighted by atomic mass is 9.80. The van der Waals surface area contributed by atoms with Gasteiger partial charge in [-0.2, -0.15) is 0 Å². The van der Waals surface area contributed by atoms with E-state index in [0.717, 1.165) is 62.9 Å². The monoisotopic (exact) mass is 988 g/mol. The maximum atomic E-state index is 9.51. The summed E-state index contributed by atoms with van der Waals surface area (Å²) < 4.78 is 6.01. The third-order valence-electron chi connectivity index (χ3n) is 12.3. The van der Waals surface area contributed by atoms with Crippen LogP contribution in [0.5, 0.6) is 0 Å². The highest BCUT2D eigenvalue weighted by molar-refractivity contribution is 9.10. The fourth-order valence-electron chi connectivity index (χ4n) is 8.52. The van der Waals surface area contributed by atoms with Crippen LogP contribution in [0.4, 0.5) is 34.1 Å². The molecule has 0 aromatic heterocycles. The number of nitrogens with zero attached hydrogens (tertiary/aromatic N) is 2. The van der Waals surface area contributed by atoms with Crippen molar-refractivity contribution in [2.24, 2.45) is 0 Å². The molecule has 348 valence electrons. The molecule has 0 radical (unpaired) electrons. The summed E-state index contributed by atoms with van der Waals surface area (Å²) in [5.41, 5.74) is 16.3. The van der Waals surface area contributed by atoms with Gasteiger partial charge >= 0.3 is 7.12 Å². The lowest BCUT2D eigenvalue weighted by molar-refractivity contribution is 0.198. The van der Waals surface area contributed by atoms with E-state index in [1.54, 1.807) is 12.1 Å². The van der Waals surface area contributed by atoms with Crippen LogP contribution in [0.15, 0.2) is 271 Å². The summed E-state index contributed by atoms with van der Waals surface area (Å²) in [5, 5.41) is 19.0. The second-order valence-electron chi connectivity index (χ2n) is 17.1. The number of ether oxygens (including phenoxy) is 1. The van der Waals surface area contributed by atoms with Gasteiger partial charge in [-0.25, -0.2) is 0 Å². The minimum Gasteiger partial charge on any atom is -0.423 e. The van der Waals surface area contributed by atoms with Crippen molar-refractivity contribution in [3.63, 3.8) is 0 Å². The Morgan fingerprint density at radius 3 is 0.746 bits per heavy atom. The molecule has 0 atom stereocenters. The summed E-state index contributed by atoms with van der Waals surface area (Å²) in [6.07, 6.45) is 2.56. The molecule has 11 rings (SSSR count). The van der Waals surface area contributed by atoms with Gasteiger partial charge in [-0.1, -0.05) is 198 Å². The quantitative estimate of drug-likeness (QED) is 0.127. The van der Waals surface area contributed by atoms with E-state index in [4.69, 9.17) is 4.74 Å². The van der Waals surface area contributed by atoms with Crippen molar-refractivity contribution in [3.05, 3.63) is 271 Å². The van der Waals surface area contributed by atoms with Crippen molar-refractivity contribution in [1.29, 1.82) is 0 Å². The predicted octanol–water partition coefficient (Wildman–Crippen LogP) is 16.2. The van der Waals surface area contributed by atoms with Crippen LogP contribution in [0.25, 0.3) is 44.5 Å². The van der Waals surface area contributed by atoms with E-state index in [9.17, 15) is 10.0 Å². The Balaban J connectivity index is 0.000000160. The Morgan fingerprint density at radius 1 is 0.296 bits per heavy atom. The van der Waals surface area contributed by atoms with E-state index in [1.165, 1.54) is 46.2 Å². The van der Waals surface area contributed by atoms with E-state index in [1.807, 2.05) is 60.7 Å². The molecule has 0 bridgehead atoms. The Morgan fingerprint density at radius 2 is 0.521 bits per heavy atom. The second-order valence-corrected chi connectivity index (χ2v) is 18.0. The standard InChI is InChI=1S/C30H24BNO2.C30H22BrN.C4H8O/c33-31(34)27-15-21-30(22-16-27)32(28-17-11-25(12-18-28)23-7-3-1-4-8-23)29-19-13-26(14-20-29)24-9-5-2-6-10-24;31-27-15-21-30(22-16-27)32(28-17-11-25(12-18-28)23-7-3-1-4-8-23)29-19-13-26(14-20-29)24-9-5-2-6-10-24;1-2-4-5-3-1/h1-22,33-34H;1-22H;1-4H2. The van der Waals surface area contributed by atoms with Crippen LogP contribution in [-0.2, 0) is 4.74 Å². The fourth-order valence-corrected chi connectivity index (χ4v) is 8.79. The first-order valence-corrected chi connectivity index (χ1v) is 24.8. The minimum atomic E-state index is -1.49. The zero-order chi connectivity index (χ0) is 48.6. The zero-order valence-electron chi connectivity index (χ0n) is 39.4. The van der Waals surface area contributed by atoms with Crippen LogP contribution in [0.3, 0.4) is 0 Å². The molecule has 0 spiro atoms. The van der Waals surface area contributed by atoms with Gasteiger partial charge in [0.2, 0.25) is 0 Å². The predicted molar refractivity (Wildman–Crippen MR) is 302 cm³/mol. The highest BCUT2D eigenvalue weighted by Crippen LogP contribution is 2.39. The summed E-state index contributed by atoms with van der Waals surface area (Å²) in [6, 6.07) is 91.8. The van der Waals surface area contributed by atoms with Crippen molar-refractivity contribution >= 4 is 62.6 Å². The highest BCUT2D eigenvalue weighted by Gasteiger charge is 2.17. The van der Waals surface area contributed by atoms with Crippen molar-refractivity contribution < 1.29 is 14.8 Å². The average Bonchev–Trinajstić information content (AvgIpc) is 4.05. The first-order valence-electron chi connectivity index (χ1n) is 24.0. The molecule has 0 unspecified atom stereocenters. The molecular weight excluding hydrogens is 935 g/mol. The van der Waals surface area contributed by atoms with Gasteiger partial charge in [0, 0.05) is 51.8 Å². The van der Waals surface area contributed by atoms with E-state index in [-0.39, 0.29) is 0 Å². The number of rotatable bonds is 11. The molecule has 71 heavy (non-hydrogen) atoms. The van der Waals surface area contributed by atoms with Crippen LogP contribution < -0.4 is 15.3 Å². The maximum Gasteiger partial charge on any atom is 0.488 e. The summed E-state index contributed by atoms with van der Waals surface area (Å²) in [6.45, 7) is 2.00. The van der Waals surface area contributed by atoms with Crippen LogP contribution >= 0.6 is 15.9 Å². The number of halogens is 1. The number of benzene rings is 10. The molecule has 10 aromatic carbocycles.